The Morgan fingerprint density at radius 3 is 2.56 bits per heavy atom. The maximum absolute atomic E-state index is 12.1. The molecule has 0 saturated carbocycles. The number of para-hydroxylation sites is 2. The molecular formula is C11H10BrNO3S2. The number of phenolic OH excluding ortho intramolecular Hbond substituents is 1. The zero-order valence-electron chi connectivity index (χ0n) is 9.34. The lowest BCUT2D eigenvalue weighted by Crippen LogP contribution is -2.11. The van der Waals surface area contributed by atoms with E-state index in [4.69, 9.17) is 0 Å². The van der Waals surface area contributed by atoms with E-state index in [1.807, 2.05) is 6.92 Å². The molecule has 7 heteroatoms. The van der Waals surface area contributed by atoms with Crippen molar-refractivity contribution in [1.29, 1.82) is 0 Å². The van der Waals surface area contributed by atoms with E-state index in [1.165, 1.54) is 12.1 Å². The van der Waals surface area contributed by atoms with Crippen molar-refractivity contribution in [2.45, 2.75) is 11.1 Å². The van der Waals surface area contributed by atoms with Gasteiger partial charge in [0.05, 0.1) is 9.47 Å². The number of benzene rings is 1. The fourth-order valence-corrected chi connectivity index (χ4v) is 4.62. The van der Waals surface area contributed by atoms with Crippen LogP contribution in [0.15, 0.2) is 38.3 Å². The van der Waals surface area contributed by atoms with E-state index in [-0.39, 0.29) is 15.6 Å². The summed E-state index contributed by atoms with van der Waals surface area (Å²) >= 11 is 4.42. The molecule has 1 aromatic heterocycles. The van der Waals surface area contributed by atoms with Crippen LogP contribution in [0.5, 0.6) is 5.75 Å². The smallest absolute Gasteiger partial charge is 0.271 e. The average molecular weight is 348 g/mol. The number of aromatic hydroxyl groups is 1. The van der Waals surface area contributed by atoms with Gasteiger partial charge in [0, 0.05) is 0 Å². The van der Waals surface area contributed by atoms with E-state index < -0.39 is 10.0 Å². The number of phenols is 1. The quantitative estimate of drug-likeness (QED) is 0.837. The molecular weight excluding hydrogens is 338 g/mol. The molecule has 0 amide bonds. The van der Waals surface area contributed by atoms with Gasteiger partial charge >= 0.3 is 0 Å². The van der Waals surface area contributed by atoms with E-state index in [9.17, 15) is 13.5 Å². The standard InChI is InChI=1S/C11H10BrNO3S2/c1-7-6-10(17-11(7)12)18(15,16)13-8-4-2-3-5-9(8)14/h2-6,13-14H,1H3. The lowest BCUT2D eigenvalue weighted by atomic mass is 10.3. The molecule has 0 atom stereocenters. The first-order valence-electron chi connectivity index (χ1n) is 4.97. The molecule has 1 heterocycles. The Labute approximate surface area is 117 Å². The van der Waals surface area contributed by atoms with Crippen LogP contribution in [0.4, 0.5) is 5.69 Å². The second kappa shape index (κ2) is 4.91. The molecule has 0 fully saturated rings. The number of thiophene rings is 1. The van der Waals surface area contributed by atoms with Gasteiger partial charge in [0.1, 0.15) is 9.96 Å². The van der Waals surface area contributed by atoms with Crippen molar-refractivity contribution in [3.63, 3.8) is 0 Å². The summed E-state index contributed by atoms with van der Waals surface area (Å²) in [6.45, 7) is 1.82. The van der Waals surface area contributed by atoms with E-state index in [1.54, 1.807) is 18.2 Å². The van der Waals surface area contributed by atoms with Crippen LogP contribution in [-0.4, -0.2) is 13.5 Å². The predicted molar refractivity (Wildman–Crippen MR) is 75.7 cm³/mol. The third kappa shape index (κ3) is 2.68. The predicted octanol–water partition coefficient (Wildman–Crippen LogP) is 3.33. The van der Waals surface area contributed by atoms with Crippen LogP contribution in [0.25, 0.3) is 0 Å². The van der Waals surface area contributed by atoms with Crippen molar-refractivity contribution in [3.8, 4) is 5.75 Å². The number of nitrogens with one attached hydrogen (secondary N) is 1. The van der Waals surface area contributed by atoms with E-state index in [2.05, 4.69) is 20.7 Å². The van der Waals surface area contributed by atoms with Crippen LogP contribution >= 0.6 is 27.3 Å². The highest BCUT2D eigenvalue weighted by Crippen LogP contribution is 2.32. The minimum atomic E-state index is -3.66. The van der Waals surface area contributed by atoms with Crippen molar-refractivity contribution in [1.82, 2.24) is 0 Å². The van der Waals surface area contributed by atoms with Gasteiger partial charge in [0.2, 0.25) is 0 Å². The second-order valence-corrected chi connectivity index (χ2v) is 7.92. The Morgan fingerprint density at radius 2 is 2.00 bits per heavy atom. The van der Waals surface area contributed by atoms with Gasteiger partial charge in [-0.3, -0.25) is 4.72 Å². The van der Waals surface area contributed by atoms with Crippen LogP contribution < -0.4 is 4.72 Å². The number of aryl methyl sites for hydroxylation is 1. The van der Waals surface area contributed by atoms with Gasteiger partial charge in [0.15, 0.2) is 0 Å². The summed E-state index contributed by atoms with van der Waals surface area (Å²) in [5.41, 5.74) is 1.03. The highest BCUT2D eigenvalue weighted by molar-refractivity contribution is 9.11. The average Bonchev–Trinajstić information content (AvgIpc) is 2.63. The largest absolute Gasteiger partial charge is 0.506 e. The Morgan fingerprint density at radius 1 is 1.33 bits per heavy atom. The molecule has 2 rings (SSSR count). The zero-order valence-corrected chi connectivity index (χ0v) is 12.6. The summed E-state index contributed by atoms with van der Waals surface area (Å²) in [6.07, 6.45) is 0. The molecule has 2 aromatic rings. The van der Waals surface area contributed by atoms with Crippen LogP contribution in [0, 0.1) is 6.92 Å². The first-order chi connectivity index (χ1) is 8.40. The van der Waals surface area contributed by atoms with Crippen molar-refractivity contribution < 1.29 is 13.5 Å². The molecule has 0 bridgehead atoms. The third-order valence-electron chi connectivity index (χ3n) is 2.25. The summed E-state index contributed by atoms with van der Waals surface area (Å²) in [5.74, 6) is -0.103. The summed E-state index contributed by atoms with van der Waals surface area (Å²) in [4.78, 5) is 0. The molecule has 0 spiro atoms. The number of anilines is 1. The van der Waals surface area contributed by atoms with E-state index in [0.717, 1.165) is 20.7 Å². The normalized spacial score (nSPS) is 11.4. The highest BCUT2D eigenvalue weighted by Gasteiger charge is 2.19. The molecule has 0 aliphatic heterocycles. The second-order valence-electron chi connectivity index (χ2n) is 3.64. The lowest BCUT2D eigenvalue weighted by molar-refractivity contribution is 0.477. The monoisotopic (exact) mass is 347 g/mol. The molecule has 4 nitrogen and oxygen atoms in total. The van der Waals surface area contributed by atoms with Gasteiger partial charge in [-0.1, -0.05) is 12.1 Å². The molecule has 1 aromatic carbocycles. The topological polar surface area (TPSA) is 66.4 Å². The summed E-state index contributed by atoms with van der Waals surface area (Å²) < 4.78 is 27.5. The van der Waals surface area contributed by atoms with Crippen LogP contribution in [0.3, 0.4) is 0 Å². The Kier molecular flexibility index (Phi) is 3.65. The number of halogens is 1. The summed E-state index contributed by atoms with van der Waals surface area (Å²) in [6, 6.07) is 7.78. The van der Waals surface area contributed by atoms with Gasteiger partial charge < -0.3 is 5.11 Å². The van der Waals surface area contributed by atoms with Crippen LogP contribution in [-0.2, 0) is 10.0 Å². The fourth-order valence-electron chi connectivity index (χ4n) is 1.32. The van der Waals surface area contributed by atoms with Gasteiger partial charge in [-0.05, 0) is 46.6 Å². The van der Waals surface area contributed by atoms with E-state index >= 15 is 0 Å². The van der Waals surface area contributed by atoms with Crippen molar-refractivity contribution in [3.05, 3.63) is 39.7 Å². The molecule has 0 unspecified atom stereocenters. The minimum Gasteiger partial charge on any atom is -0.506 e. The maximum Gasteiger partial charge on any atom is 0.271 e. The van der Waals surface area contributed by atoms with Gasteiger partial charge in [-0.15, -0.1) is 11.3 Å². The van der Waals surface area contributed by atoms with Crippen LogP contribution in [0.2, 0.25) is 0 Å². The van der Waals surface area contributed by atoms with Gasteiger partial charge in [0.25, 0.3) is 10.0 Å². The van der Waals surface area contributed by atoms with Crippen LogP contribution in [0.1, 0.15) is 5.56 Å². The maximum atomic E-state index is 12.1. The number of hydrogen-bond donors (Lipinski definition) is 2. The van der Waals surface area contributed by atoms with Gasteiger partial charge in [-0.25, -0.2) is 8.42 Å². The number of hydrogen-bond acceptors (Lipinski definition) is 4. The van der Waals surface area contributed by atoms with Crippen molar-refractivity contribution >= 4 is 43.0 Å². The van der Waals surface area contributed by atoms with E-state index in [0.29, 0.717) is 0 Å². The van der Waals surface area contributed by atoms with Gasteiger partial charge in [-0.2, -0.15) is 0 Å². The summed E-state index contributed by atoms with van der Waals surface area (Å²) in [5, 5.41) is 9.55. The molecule has 0 aliphatic carbocycles. The SMILES string of the molecule is Cc1cc(S(=O)(=O)Nc2ccccc2O)sc1Br. The number of sulfonamides is 1. The number of rotatable bonds is 3. The van der Waals surface area contributed by atoms with Crippen molar-refractivity contribution in [2.75, 3.05) is 4.72 Å². The first kappa shape index (κ1) is 13.4. The zero-order chi connectivity index (χ0) is 13.3. The molecule has 0 saturated heterocycles. The highest BCUT2D eigenvalue weighted by atomic mass is 79.9. The first-order valence-corrected chi connectivity index (χ1v) is 8.06. The third-order valence-corrected chi connectivity index (χ3v) is 6.22. The summed E-state index contributed by atoms with van der Waals surface area (Å²) in [7, 11) is -3.66. The minimum absolute atomic E-state index is 0.103. The Balaban J connectivity index is 2.36. The molecule has 2 N–H and O–H groups in total. The molecule has 96 valence electrons. The Hall–Kier alpha value is -1.05. The molecule has 0 radical (unpaired) electrons. The molecule has 18 heavy (non-hydrogen) atoms. The van der Waals surface area contributed by atoms with Crippen molar-refractivity contribution in [2.24, 2.45) is 0 Å². The molecule has 0 aliphatic rings. The Bertz CT molecular complexity index is 660. The fraction of sp³-hybridized carbons (Fsp3) is 0.0909. The lowest BCUT2D eigenvalue weighted by Gasteiger charge is -2.07.